The van der Waals surface area contributed by atoms with Crippen LogP contribution in [0.1, 0.15) is 44.4 Å². The minimum atomic E-state index is 0.0544. The van der Waals surface area contributed by atoms with Crippen molar-refractivity contribution in [3.05, 3.63) is 102 Å². The molecule has 0 unspecified atom stereocenters. The van der Waals surface area contributed by atoms with E-state index in [9.17, 15) is 0 Å². The van der Waals surface area contributed by atoms with Crippen LogP contribution in [-0.2, 0) is 19.4 Å². The van der Waals surface area contributed by atoms with Gasteiger partial charge in [0.15, 0.2) is 0 Å². The summed E-state index contributed by atoms with van der Waals surface area (Å²) in [5, 5.41) is 0. The highest BCUT2D eigenvalue weighted by Crippen LogP contribution is 2.15. The molecule has 1 heterocycles. The Hall–Kier alpha value is -3.02. The molecule has 0 aliphatic rings. The Balaban J connectivity index is 1.56. The zero-order chi connectivity index (χ0) is 22.8. The molecule has 0 saturated carbocycles. The standard InChI is InChI=1S/C30H36N2/c1-5-31(20-8-6-7-19-30(2,3)4)25-28-15-11-13-26(23-28)17-18-27-14-12-16-29(24-27)32-21-9-10-22-32/h6,8-16,21-24H,5,17-18,20,25H2,1-4H3. The van der Waals surface area contributed by atoms with Gasteiger partial charge in [-0.1, -0.05) is 61.2 Å². The number of hydrogen-bond acceptors (Lipinski definition) is 1. The Morgan fingerprint density at radius 1 is 0.875 bits per heavy atom. The normalized spacial score (nSPS) is 11.7. The van der Waals surface area contributed by atoms with Crippen molar-refractivity contribution in [3.8, 4) is 17.5 Å². The van der Waals surface area contributed by atoms with Gasteiger partial charge >= 0.3 is 0 Å². The van der Waals surface area contributed by atoms with Crippen molar-refractivity contribution < 1.29 is 0 Å². The maximum atomic E-state index is 3.25. The quantitative estimate of drug-likeness (QED) is 0.347. The summed E-state index contributed by atoms with van der Waals surface area (Å²) in [4.78, 5) is 2.44. The minimum absolute atomic E-state index is 0.0544. The van der Waals surface area contributed by atoms with Crippen molar-refractivity contribution in [2.45, 2.75) is 47.1 Å². The van der Waals surface area contributed by atoms with Gasteiger partial charge in [-0.3, -0.25) is 4.90 Å². The molecule has 0 bridgehead atoms. The van der Waals surface area contributed by atoms with Crippen molar-refractivity contribution in [2.24, 2.45) is 5.41 Å². The van der Waals surface area contributed by atoms with E-state index in [-0.39, 0.29) is 5.41 Å². The molecule has 1 aromatic heterocycles. The first-order valence-electron chi connectivity index (χ1n) is 11.6. The predicted molar refractivity (Wildman–Crippen MR) is 137 cm³/mol. The third-order valence-electron chi connectivity index (χ3n) is 5.37. The van der Waals surface area contributed by atoms with Crippen molar-refractivity contribution in [3.63, 3.8) is 0 Å². The first-order valence-corrected chi connectivity index (χ1v) is 11.6. The highest BCUT2D eigenvalue weighted by atomic mass is 15.1. The number of aryl methyl sites for hydroxylation is 2. The van der Waals surface area contributed by atoms with Gasteiger partial charge in [0.25, 0.3) is 0 Å². The lowest BCUT2D eigenvalue weighted by molar-refractivity contribution is 0.311. The molecule has 0 aliphatic heterocycles. The molecule has 2 heteroatoms. The lowest BCUT2D eigenvalue weighted by atomic mass is 9.98. The van der Waals surface area contributed by atoms with E-state index < -0.39 is 0 Å². The van der Waals surface area contributed by atoms with Gasteiger partial charge in [-0.25, -0.2) is 0 Å². The van der Waals surface area contributed by atoms with Crippen LogP contribution in [0.25, 0.3) is 5.69 Å². The highest BCUT2D eigenvalue weighted by molar-refractivity contribution is 5.37. The molecule has 2 nitrogen and oxygen atoms in total. The molecule has 0 spiro atoms. The fourth-order valence-corrected chi connectivity index (χ4v) is 3.63. The Bertz CT molecular complexity index is 1060. The van der Waals surface area contributed by atoms with E-state index in [0.717, 1.165) is 32.5 Å². The third-order valence-corrected chi connectivity index (χ3v) is 5.37. The summed E-state index contributed by atoms with van der Waals surface area (Å²) >= 11 is 0. The van der Waals surface area contributed by atoms with E-state index in [1.807, 2.05) is 6.08 Å². The first-order chi connectivity index (χ1) is 15.4. The summed E-state index contributed by atoms with van der Waals surface area (Å²) in [5.41, 5.74) is 5.42. The van der Waals surface area contributed by atoms with Gasteiger partial charge in [0.2, 0.25) is 0 Å². The smallest absolute Gasteiger partial charge is 0.0452 e. The molecule has 0 fully saturated rings. The second-order valence-electron chi connectivity index (χ2n) is 9.33. The van der Waals surface area contributed by atoms with Crippen molar-refractivity contribution in [1.82, 2.24) is 9.47 Å². The van der Waals surface area contributed by atoms with Gasteiger partial charge in [-0.05, 0) is 87.2 Å². The number of rotatable bonds is 9. The van der Waals surface area contributed by atoms with Crippen molar-refractivity contribution >= 4 is 0 Å². The molecule has 0 saturated heterocycles. The van der Waals surface area contributed by atoms with E-state index in [0.29, 0.717) is 0 Å². The average molecular weight is 425 g/mol. The molecule has 0 atom stereocenters. The maximum absolute atomic E-state index is 3.25. The number of benzene rings is 2. The Kier molecular flexibility index (Phi) is 8.54. The van der Waals surface area contributed by atoms with Crippen LogP contribution in [0.5, 0.6) is 0 Å². The van der Waals surface area contributed by atoms with Crippen molar-refractivity contribution in [2.75, 3.05) is 13.1 Å². The molecule has 0 radical (unpaired) electrons. The molecule has 3 aromatic rings. The van der Waals surface area contributed by atoms with Crippen LogP contribution in [0.3, 0.4) is 0 Å². The summed E-state index contributed by atoms with van der Waals surface area (Å²) in [7, 11) is 0. The second kappa shape index (κ2) is 11.6. The maximum Gasteiger partial charge on any atom is 0.0452 e. The van der Waals surface area contributed by atoms with Crippen LogP contribution in [0.2, 0.25) is 0 Å². The van der Waals surface area contributed by atoms with E-state index in [2.05, 4.69) is 128 Å². The van der Waals surface area contributed by atoms with Crippen LogP contribution in [0.4, 0.5) is 0 Å². The Labute approximate surface area is 194 Å². The van der Waals surface area contributed by atoms with Crippen LogP contribution in [0, 0.1) is 17.3 Å². The minimum Gasteiger partial charge on any atom is -0.324 e. The summed E-state index contributed by atoms with van der Waals surface area (Å²) in [6.45, 7) is 11.5. The van der Waals surface area contributed by atoms with Gasteiger partial charge in [0.05, 0.1) is 0 Å². The molecule has 3 rings (SSSR count). The number of allylic oxidation sites excluding steroid dienone is 1. The molecule has 32 heavy (non-hydrogen) atoms. The van der Waals surface area contributed by atoms with Crippen LogP contribution >= 0.6 is 0 Å². The second-order valence-corrected chi connectivity index (χ2v) is 9.33. The Morgan fingerprint density at radius 3 is 2.22 bits per heavy atom. The summed E-state index contributed by atoms with van der Waals surface area (Å²) in [6.07, 6.45) is 10.4. The van der Waals surface area contributed by atoms with Crippen molar-refractivity contribution in [1.29, 1.82) is 0 Å². The summed E-state index contributed by atoms with van der Waals surface area (Å²) in [5.74, 6) is 6.42. The zero-order valence-corrected chi connectivity index (χ0v) is 20.0. The summed E-state index contributed by atoms with van der Waals surface area (Å²) in [6, 6.07) is 22.0. The predicted octanol–water partition coefficient (Wildman–Crippen LogP) is 6.69. The van der Waals surface area contributed by atoms with Gasteiger partial charge in [0, 0.05) is 36.6 Å². The fraction of sp³-hybridized carbons (Fsp3) is 0.333. The largest absolute Gasteiger partial charge is 0.324 e. The molecule has 0 N–H and O–H groups in total. The topological polar surface area (TPSA) is 8.17 Å². The average Bonchev–Trinajstić information content (AvgIpc) is 3.31. The zero-order valence-electron chi connectivity index (χ0n) is 20.0. The molecule has 2 aromatic carbocycles. The third kappa shape index (κ3) is 7.91. The van der Waals surface area contributed by atoms with Gasteiger partial charge in [0.1, 0.15) is 0 Å². The monoisotopic (exact) mass is 424 g/mol. The summed E-state index contributed by atoms with van der Waals surface area (Å²) < 4.78 is 2.16. The van der Waals surface area contributed by atoms with Gasteiger partial charge < -0.3 is 4.57 Å². The van der Waals surface area contributed by atoms with E-state index in [1.54, 1.807) is 0 Å². The molecular weight excluding hydrogens is 388 g/mol. The van der Waals surface area contributed by atoms with E-state index in [4.69, 9.17) is 0 Å². The fourth-order valence-electron chi connectivity index (χ4n) is 3.63. The SMILES string of the molecule is CCN(CC=CC#CC(C)(C)C)Cc1cccc(CCc2cccc(-n3cccc3)c2)c1. The van der Waals surface area contributed by atoms with Crippen LogP contribution in [-0.4, -0.2) is 22.6 Å². The molecular formula is C30H36N2. The molecule has 166 valence electrons. The van der Waals surface area contributed by atoms with Gasteiger partial charge in [-0.15, -0.1) is 0 Å². The van der Waals surface area contributed by atoms with E-state index in [1.165, 1.54) is 22.4 Å². The lowest BCUT2D eigenvalue weighted by Crippen LogP contribution is -2.22. The Morgan fingerprint density at radius 2 is 1.53 bits per heavy atom. The highest BCUT2D eigenvalue weighted by Gasteiger charge is 2.05. The van der Waals surface area contributed by atoms with Crippen LogP contribution in [0.15, 0.2) is 85.2 Å². The van der Waals surface area contributed by atoms with E-state index >= 15 is 0 Å². The van der Waals surface area contributed by atoms with Gasteiger partial charge in [-0.2, -0.15) is 0 Å². The molecule has 0 amide bonds. The first kappa shape index (κ1) is 23.6. The number of hydrogen-bond donors (Lipinski definition) is 0. The lowest BCUT2D eigenvalue weighted by Gasteiger charge is -2.19. The molecule has 0 aliphatic carbocycles. The van der Waals surface area contributed by atoms with Crippen LogP contribution < -0.4 is 0 Å². The number of nitrogens with zero attached hydrogens (tertiary/aromatic N) is 2. The number of likely N-dealkylation sites (N-methyl/N-ethyl adjacent to an activating group) is 1. The number of aromatic nitrogens is 1.